The molecule has 0 saturated carbocycles. The summed E-state index contributed by atoms with van der Waals surface area (Å²) in [7, 11) is 3.31. The first-order valence-electron chi connectivity index (χ1n) is 7.76. The fourth-order valence-corrected chi connectivity index (χ4v) is 3.83. The van der Waals surface area contributed by atoms with E-state index in [2.05, 4.69) is 15.5 Å². The van der Waals surface area contributed by atoms with Gasteiger partial charge in [-0.3, -0.25) is 4.99 Å². The Bertz CT molecular complexity index is 924. The highest BCUT2D eigenvalue weighted by Gasteiger charge is 2.13. The van der Waals surface area contributed by atoms with Crippen molar-refractivity contribution in [2.45, 2.75) is 6.92 Å². The maximum atomic E-state index is 5.53. The third-order valence-corrected chi connectivity index (χ3v) is 5.08. The molecule has 0 aliphatic heterocycles. The molecule has 0 fully saturated rings. The van der Waals surface area contributed by atoms with Crippen LogP contribution in [0.1, 0.15) is 12.5 Å². The van der Waals surface area contributed by atoms with Gasteiger partial charge in [0.1, 0.15) is 11.5 Å². The fourth-order valence-electron chi connectivity index (χ4n) is 2.33. The number of ether oxygens (including phenoxy) is 2. The summed E-state index contributed by atoms with van der Waals surface area (Å²) in [6.07, 6.45) is 1.84. The van der Waals surface area contributed by atoms with E-state index in [1.54, 1.807) is 36.9 Å². The topological polar surface area (TPSA) is 48.1 Å². The van der Waals surface area contributed by atoms with Gasteiger partial charge < -0.3 is 9.47 Å². The first-order chi connectivity index (χ1) is 12.3. The highest BCUT2D eigenvalue weighted by atomic mass is 32.1. The van der Waals surface area contributed by atoms with Crippen molar-refractivity contribution in [3.63, 3.8) is 0 Å². The number of methoxy groups -OCH3 is 2. The smallest absolute Gasteiger partial charge is 0.206 e. The third-order valence-electron chi connectivity index (χ3n) is 3.53. The van der Waals surface area contributed by atoms with Gasteiger partial charge in [0.15, 0.2) is 0 Å². The van der Waals surface area contributed by atoms with E-state index in [9.17, 15) is 0 Å². The zero-order valence-electron chi connectivity index (χ0n) is 14.3. The lowest BCUT2D eigenvalue weighted by molar-refractivity contribution is 0.404. The Labute approximate surface area is 154 Å². The molecule has 2 heterocycles. The summed E-state index contributed by atoms with van der Waals surface area (Å²) in [6.45, 7) is 2.71. The second-order valence-electron chi connectivity index (χ2n) is 5.06. The van der Waals surface area contributed by atoms with Crippen LogP contribution in [0, 0.1) is 0 Å². The minimum absolute atomic E-state index is 0.698. The van der Waals surface area contributed by atoms with E-state index < -0.39 is 0 Å². The SMILES string of the molecule is CCN=c1scc(-c2cc(OC)ccc2OC)n1/N=C\c1ccsc1. The van der Waals surface area contributed by atoms with Crippen molar-refractivity contribution in [2.75, 3.05) is 20.8 Å². The molecule has 5 nitrogen and oxygen atoms in total. The molecule has 0 saturated heterocycles. The number of rotatable bonds is 6. The molecule has 0 bridgehead atoms. The van der Waals surface area contributed by atoms with Gasteiger partial charge >= 0.3 is 0 Å². The van der Waals surface area contributed by atoms with Crippen molar-refractivity contribution >= 4 is 28.9 Å². The molecule has 0 spiro atoms. The van der Waals surface area contributed by atoms with Gasteiger partial charge in [0.05, 0.1) is 26.1 Å². The second kappa shape index (κ2) is 8.13. The molecule has 0 aliphatic rings. The van der Waals surface area contributed by atoms with Crippen LogP contribution in [0.15, 0.2) is 50.5 Å². The maximum Gasteiger partial charge on any atom is 0.206 e. The van der Waals surface area contributed by atoms with Gasteiger partial charge in [-0.2, -0.15) is 16.4 Å². The molecular weight excluding hydrogens is 354 g/mol. The summed E-state index contributed by atoms with van der Waals surface area (Å²) >= 11 is 3.20. The van der Waals surface area contributed by atoms with Crippen LogP contribution in [0.4, 0.5) is 0 Å². The lowest BCUT2D eigenvalue weighted by atomic mass is 10.1. The third kappa shape index (κ3) is 3.83. The Hall–Kier alpha value is -2.38. The summed E-state index contributed by atoms with van der Waals surface area (Å²) in [4.78, 5) is 5.39. The van der Waals surface area contributed by atoms with Crippen LogP contribution in [-0.4, -0.2) is 31.7 Å². The standard InChI is InChI=1S/C18H19N3O2S2/c1-4-19-18-21(20-10-13-7-8-24-11-13)16(12-25-18)15-9-14(22-2)5-6-17(15)23-3/h5-12H,4H2,1-3H3/b19-18?,20-10-. The summed E-state index contributed by atoms with van der Waals surface area (Å²) in [5.41, 5.74) is 2.90. The summed E-state index contributed by atoms with van der Waals surface area (Å²) in [5.74, 6) is 1.53. The predicted molar refractivity (Wildman–Crippen MR) is 104 cm³/mol. The van der Waals surface area contributed by atoms with Gasteiger partial charge in [-0.1, -0.05) is 0 Å². The minimum Gasteiger partial charge on any atom is -0.497 e. The zero-order chi connectivity index (χ0) is 17.6. The van der Waals surface area contributed by atoms with Crippen LogP contribution < -0.4 is 14.3 Å². The first-order valence-corrected chi connectivity index (χ1v) is 9.59. The van der Waals surface area contributed by atoms with E-state index in [0.717, 1.165) is 33.1 Å². The number of thiophene rings is 1. The average molecular weight is 374 g/mol. The lowest BCUT2D eigenvalue weighted by Crippen LogP contribution is -2.12. The van der Waals surface area contributed by atoms with Crippen LogP contribution >= 0.6 is 22.7 Å². The molecule has 0 unspecified atom stereocenters. The Morgan fingerprint density at radius 2 is 2.04 bits per heavy atom. The number of thiazole rings is 1. The van der Waals surface area contributed by atoms with Crippen LogP contribution in [0.25, 0.3) is 11.3 Å². The molecular formula is C18H19N3O2S2. The Kier molecular flexibility index (Phi) is 5.67. The highest BCUT2D eigenvalue weighted by Crippen LogP contribution is 2.33. The number of benzene rings is 1. The quantitative estimate of drug-likeness (QED) is 0.611. The van der Waals surface area contributed by atoms with Crippen LogP contribution in [0.3, 0.4) is 0 Å². The van der Waals surface area contributed by atoms with E-state index in [0.29, 0.717) is 6.54 Å². The lowest BCUT2D eigenvalue weighted by Gasteiger charge is -2.11. The van der Waals surface area contributed by atoms with Crippen LogP contribution in [0.2, 0.25) is 0 Å². The van der Waals surface area contributed by atoms with Crippen LogP contribution in [-0.2, 0) is 0 Å². The molecule has 7 heteroatoms. The summed E-state index contributed by atoms with van der Waals surface area (Å²) in [6, 6.07) is 7.76. The molecule has 1 aromatic carbocycles. The number of hydrogen-bond acceptors (Lipinski definition) is 6. The monoisotopic (exact) mass is 373 g/mol. The zero-order valence-corrected chi connectivity index (χ0v) is 15.9. The van der Waals surface area contributed by atoms with Crippen molar-refractivity contribution in [1.29, 1.82) is 0 Å². The fraction of sp³-hybridized carbons (Fsp3) is 0.222. The van der Waals surface area contributed by atoms with E-state index in [1.807, 2.05) is 52.8 Å². The second-order valence-corrected chi connectivity index (χ2v) is 6.67. The number of aromatic nitrogens is 1. The molecule has 0 amide bonds. The van der Waals surface area contributed by atoms with Gasteiger partial charge in [-0.05, 0) is 41.9 Å². The van der Waals surface area contributed by atoms with Crippen LogP contribution in [0.5, 0.6) is 11.5 Å². The normalized spacial score (nSPS) is 12.0. The molecule has 0 atom stereocenters. The maximum absolute atomic E-state index is 5.53. The summed E-state index contributed by atoms with van der Waals surface area (Å²) < 4.78 is 12.7. The van der Waals surface area contributed by atoms with Gasteiger partial charge in [0, 0.05) is 23.1 Å². The van der Waals surface area contributed by atoms with Gasteiger partial charge in [0.2, 0.25) is 4.80 Å². The minimum atomic E-state index is 0.698. The molecule has 3 rings (SSSR count). The van der Waals surface area contributed by atoms with Crippen molar-refractivity contribution in [2.24, 2.45) is 10.1 Å². The predicted octanol–water partition coefficient (Wildman–Crippen LogP) is 4.10. The molecule has 25 heavy (non-hydrogen) atoms. The van der Waals surface area contributed by atoms with E-state index >= 15 is 0 Å². The van der Waals surface area contributed by atoms with E-state index in [1.165, 1.54) is 0 Å². The number of nitrogens with zero attached hydrogens (tertiary/aromatic N) is 3. The van der Waals surface area contributed by atoms with Crippen molar-refractivity contribution in [1.82, 2.24) is 4.68 Å². The Balaban J connectivity index is 2.15. The molecule has 0 aliphatic carbocycles. The van der Waals surface area contributed by atoms with Crippen molar-refractivity contribution in [3.05, 3.63) is 50.8 Å². The van der Waals surface area contributed by atoms with Crippen molar-refractivity contribution in [3.8, 4) is 22.8 Å². The molecule has 3 aromatic rings. The van der Waals surface area contributed by atoms with E-state index in [-0.39, 0.29) is 0 Å². The first kappa shape index (κ1) is 17.4. The molecule has 130 valence electrons. The molecule has 0 N–H and O–H groups in total. The molecule has 0 radical (unpaired) electrons. The largest absolute Gasteiger partial charge is 0.497 e. The Morgan fingerprint density at radius 3 is 2.72 bits per heavy atom. The van der Waals surface area contributed by atoms with Crippen molar-refractivity contribution < 1.29 is 9.47 Å². The summed E-state index contributed by atoms with van der Waals surface area (Å²) in [5, 5.41) is 10.8. The average Bonchev–Trinajstić information content (AvgIpc) is 3.29. The number of hydrogen-bond donors (Lipinski definition) is 0. The van der Waals surface area contributed by atoms with Gasteiger partial charge in [-0.15, -0.1) is 11.3 Å². The molecule has 2 aromatic heterocycles. The Morgan fingerprint density at radius 1 is 1.16 bits per heavy atom. The highest BCUT2D eigenvalue weighted by molar-refractivity contribution is 7.08. The van der Waals surface area contributed by atoms with E-state index in [4.69, 9.17) is 9.47 Å². The van der Waals surface area contributed by atoms with Gasteiger partial charge in [-0.25, -0.2) is 4.68 Å². The van der Waals surface area contributed by atoms with Gasteiger partial charge in [0.25, 0.3) is 0 Å².